The van der Waals surface area contributed by atoms with Gasteiger partial charge in [-0.3, -0.25) is 5.10 Å². The Labute approximate surface area is 172 Å². The molecule has 0 spiro atoms. The second kappa shape index (κ2) is 8.18. The van der Waals surface area contributed by atoms with E-state index in [0.29, 0.717) is 22.3 Å². The van der Waals surface area contributed by atoms with E-state index in [2.05, 4.69) is 42.2 Å². The number of rotatable bonds is 5. The van der Waals surface area contributed by atoms with Gasteiger partial charge in [0, 0.05) is 18.3 Å². The molecule has 0 radical (unpaired) electrons. The van der Waals surface area contributed by atoms with Crippen LogP contribution in [0.4, 0.5) is 27.7 Å². The van der Waals surface area contributed by atoms with Gasteiger partial charge in [0.1, 0.15) is 10.8 Å². The number of aromatic nitrogens is 4. The molecule has 1 aliphatic heterocycles. The summed E-state index contributed by atoms with van der Waals surface area (Å²) in [6.45, 7) is 5.57. The zero-order valence-corrected chi connectivity index (χ0v) is 16.9. The second-order valence-corrected chi connectivity index (χ2v) is 7.31. The lowest BCUT2D eigenvalue weighted by Gasteiger charge is -2.18. The molecule has 0 fully saturated rings. The molecular weight excluding hydrogens is 393 g/mol. The van der Waals surface area contributed by atoms with Gasteiger partial charge >= 0.3 is 0 Å². The van der Waals surface area contributed by atoms with Crippen molar-refractivity contribution >= 4 is 40.4 Å². The summed E-state index contributed by atoms with van der Waals surface area (Å²) in [5.41, 5.74) is 4.29. The molecule has 3 heterocycles. The number of benzene rings is 1. The lowest BCUT2D eigenvalue weighted by Crippen LogP contribution is -2.20. The van der Waals surface area contributed by atoms with Crippen LogP contribution >= 0.6 is 11.6 Å². The highest BCUT2D eigenvalue weighted by molar-refractivity contribution is 6.32. The summed E-state index contributed by atoms with van der Waals surface area (Å²) in [4.78, 5) is 8.51. The van der Waals surface area contributed by atoms with Crippen LogP contribution in [0.1, 0.15) is 23.2 Å². The van der Waals surface area contributed by atoms with Gasteiger partial charge in [0.05, 0.1) is 11.9 Å². The van der Waals surface area contributed by atoms with Gasteiger partial charge in [0.2, 0.25) is 5.95 Å². The van der Waals surface area contributed by atoms with Crippen molar-refractivity contribution in [1.82, 2.24) is 25.5 Å². The van der Waals surface area contributed by atoms with E-state index in [0.717, 1.165) is 41.9 Å². The van der Waals surface area contributed by atoms with Gasteiger partial charge in [-0.2, -0.15) is 10.1 Å². The SMILES string of the molecule is Cc1cc(Nc2nc(Nc3cc(C)c(C4=CCNCC4)cc3F)ncc2Cl)n[nH]1. The van der Waals surface area contributed by atoms with Gasteiger partial charge < -0.3 is 16.0 Å². The normalized spacial score (nSPS) is 13.9. The first-order valence-corrected chi connectivity index (χ1v) is 9.66. The highest BCUT2D eigenvalue weighted by Crippen LogP contribution is 2.30. The molecule has 1 aliphatic rings. The summed E-state index contributed by atoms with van der Waals surface area (Å²) < 4.78 is 14.8. The highest BCUT2D eigenvalue weighted by Gasteiger charge is 2.14. The number of H-pyrrole nitrogens is 1. The van der Waals surface area contributed by atoms with E-state index >= 15 is 0 Å². The number of nitrogens with zero attached hydrogens (tertiary/aromatic N) is 3. The molecule has 0 saturated carbocycles. The maximum atomic E-state index is 14.8. The number of nitrogens with one attached hydrogen (secondary N) is 4. The average Bonchev–Trinajstić information content (AvgIpc) is 3.12. The fraction of sp³-hybridized carbons (Fsp3) is 0.250. The quantitative estimate of drug-likeness (QED) is 0.493. The summed E-state index contributed by atoms with van der Waals surface area (Å²) in [7, 11) is 0. The third-order valence-electron chi connectivity index (χ3n) is 4.67. The Morgan fingerprint density at radius 3 is 2.76 bits per heavy atom. The van der Waals surface area contributed by atoms with Crippen molar-refractivity contribution < 1.29 is 4.39 Å². The molecule has 29 heavy (non-hydrogen) atoms. The van der Waals surface area contributed by atoms with Crippen LogP contribution in [0.15, 0.2) is 30.5 Å². The van der Waals surface area contributed by atoms with E-state index in [4.69, 9.17) is 11.6 Å². The van der Waals surface area contributed by atoms with Crippen molar-refractivity contribution in [3.05, 3.63) is 58.1 Å². The lowest BCUT2D eigenvalue weighted by molar-refractivity contribution is 0.630. The molecule has 4 rings (SSSR count). The van der Waals surface area contributed by atoms with Gasteiger partial charge in [0.25, 0.3) is 0 Å². The smallest absolute Gasteiger partial charge is 0.229 e. The predicted octanol–water partition coefficient (Wildman–Crippen LogP) is 4.47. The van der Waals surface area contributed by atoms with E-state index in [1.165, 1.54) is 6.20 Å². The predicted molar refractivity (Wildman–Crippen MR) is 114 cm³/mol. The van der Waals surface area contributed by atoms with Crippen LogP contribution in [-0.2, 0) is 0 Å². The molecule has 4 N–H and O–H groups in total. The molecule has 0 unspecified atom stereocenters. The molecule has 0 aliphatic carbocycles. The standard InChI is InChI=1S/C20H21ClFN7/c1-11-7-17(16(22)9-14(11)13-3-5-23-6-4-13)25-20-24-10-15(21)19(27-20)26-18-8-12(2)28-29-18/h3,7-10,23H,4-6H2,1-2H3,(H3,24,25,26,27,28,29). The molecule has 7 nitrogen and oxygen atoms in total. The van der Waals surface area contributed by atoms with Crippen molar-refractivity contribution in [2.45, 2.75) is 20.3 Å². The summed E-state index contributed by atoms with van der Waals surface area (Å²) >= 11 is 6.18. The molecule has 0 atom stereocenters. The number of aryl methyl sites for hydroxylation is 2. The van der Waals surface area contributed by atoms with Crippen molar-refractivity contribution in [2.24, 2.45) is 0 Å². The number of halogens is 2. The van der Waals surface area contributed by atoms with E-state index in [1.54, 1.807) is 12.1 Å². The molecule has 0 bridgehead atoms. The Morgan fingerprint density at radius 2 is 2.03 bits per heavy atom. The first kappa shape index (κ1) is 19.4. The summed E-state index contributed by atoms with van der Waals surface area (Å²) in [5.74, 6) is 0.831. The van der Waals surface area contributed by atoms with Crippen LogP contribution in [0.25, 0.3) is 5.57 Å². The molecular formula is C20H21ClFN7. The number of anilines is 4. The highest BCUT2D eigenvalue weighted by atomic mass is 35.5. The van der Waals surface area contributed by atoms with Crippen LogP contribution < -0.4 is 16.0 Å². The number of hydrogen-bond acceptors (Lipinski definition) is 6. The van der Waals surface area contributed by atoms with Crippen LogP contribution in [0, 0.1) is 19.7 Å². The van der Waals surface area contributed by atoms with Crippen LogP contribution in [0.2, 0.25) is 5.02 Å². The van der Waals surface area contributed by atoms with Crippen LogP contribution in [0.3, 0.4) is 0 Å². The lowest BCUT2D eigenvalue weighted by atomic mass is 9.95. The summed E-state index contributed by atoms with van der Waals surface area (Å²) in [6.07, 6.45) is 4.45. The van der Waals surface area contributed by atoms with Crippen LogP contribution in [-0.4, -0.2) is 33.3 Å². The maximum Gasteiger partial charge on any atom is 0.229 e. The van der Waals surface area contributed by atoms with E-state index in [1.807, 2.05) is 19.9 Å². The Bertz CT molecular complexity index is 1080. The van der Waals surface area contributed by atoms with Gasteiger partial charge in [-0.1, -0.05) is 17.7 Å². The van der Waals surface area contributed by atoms with Crippen molar-refractivity contribution in [2.75, 3.05) is 23.7 Å². The first-order valence-electron chi connectivity index (χ1n) is 9.28. The fourth-order valence-corrected chi connectivity index (χ4v) is 3.37. The second-order valence-electron chi connectivity index (χ2n) is 6.91. The van der Waals surface area contributed by atoms with Gasteiger partial charge in [0.15, 0.2) is 11.6 Å². The van der Waals surface area contributed by atoms with E-state index in [9.17, 15) is 4.39 Å². The fourth-order valence-electron chi connectivity index (χ4n) is 3.23. The molecule has 0 amide bonds. The molecule has 150 valence electrons. The Hall–Kier alpha value is -2.97. The van der Waals surface area contributed by atoms with Crippen molar-refractivity contribution in [1.29, 1.82) is 0 Å². The number of aromatic amines is 1. The minimum absolute atomic E-state index is 0.233. The molecule has 0 saturated heterocycles. The monoisotopic (exact) mass is 413 g/mol. The van der Waals surface area contributed by atoms with E-state index < -0.39 is 0 Å². The molecule has 3 aromatic rings. The zero-order valence-electron chi connectivity index (χ0n) is 16.1. The van der Waals surface area contributed by atoms with Gasteiger partial charge in [-0.25, -0.2) is 9.37 Å². The maximum absolute atomic E-state index is 14.8. The molecule has 2 aromatic heterocycles. The van der Waals surface area contributed by atoms with Gasteiger partial charge in [-0.15, -0.1) is 0 Å². The minimum atomic E-state index is -0.360. The first-order chi connectivity index (χ1) is 14.0. The topological polar surface area (TPSA) is 90.6 Å². The summed E-state index contributed by atoms with van der Waals surface area (Å²) in [5, 5.41) is 16.5. The van der Waals surface area contributed by atoms with Crippen molar-refractivity contribution in [3.63, 3.8) is 0 Å². The minimum Gasteiger partial charge on any atom is -0.322 e. The average molecular weight is 414 g/mol. The summed E-state index contributed by atoms with van der Waals surface area (Å²) in [6, 6.07) is 5.16. The number of hydrogen-bond donors (Lipinski definition) is 4. The Kier molecular flexibility index (Phi) is 5.46. The van der Waals surface area contributed by atoms with Crippen molar-refractivity contribution in [3.8, 4) is 0 Å². The largest absolute Gasteiger partial charge is 0.322 e. The molecule has 9 heteroatoms. The zero-order chi connectivity index (χ0) is 20.4. The van der Waals surface area contributed by atoms with Crippen LogP contribution in [0.5, 0.6) is 0 Å². The van der Waals surface area contributed by atoms with E-state index in [-0.39, 0.29) is 11.8 Å². The molecule has 1 aromatic carbocycles. The third-order valence-corrected chi connectivity index (χ3v) is 4.94. The Balaban J connectivity index is 1.58. The van der Waals surface area contributed by atoms with Gasteiger partial charge in [-0.05, 0) is 55.6 Å². The Morgan fingerprint density at radius 1 is 1.17 bits per heavy atom. The third kappa shape index (κ3) is 4.38.